The number of alkyl halides is 3. The number of benzene rings is 2. The van der Waals surface area contributed by atoms with Gasteiger partial charge in [-0.3, -0.25) is 10.2 Å². The molecule has 6 nitrogen and oxygen atoms in total. The number of urea groups is 1. The Morgan fingerprint density at radius 1 is 1.06 bits per heavy atom. The van der Waals surface area contributed by atoms with Crippen LogP contribution in [0.5, 0.6) is 0 Å². The summed E-state index contributed by atoms with van der Waals surface area (Å²) in [6.07, 6.45) is -1.65. The average molecular weight is 484 g/mol. The molecule has 184 valence electrons. The minimum absolute atomic E-state index is 0.115. The maximum atomic E-state index is 13.2. The Morgan fingerprint density at radius 2 is 1.74 bits per heavy atom. The van der Waals surface area contributed by atoms with Crippen LogP contribution in [-0.2, 0) is 12.8 Å². The first-order valence-corrected chi connectivity index (χ1v) is 11.9. The highest BCUT2D eigenvalue weighted by Gasteiger charge is 2.45. The highest BCUT2D eigenvalue weighted by atomic mass is 19.4. The summed E-state index contributed by atoms with van der Waals surface area (Å²) >= 11 is 0. The van der Waals surface area contributed by atoms with Crippen LogP contribution >= 0.6 is 0 Å². The van der Waals surface area contributed by atoms with E-state index in [9.17, 15) is 18.0 Å². The van der Waals surface area contributed by atoms with Gasteiger partial charge in [-0.2, -0.15) is 18.3 Å². The summed E-state index contributed by atoms with van der Waals surface area (Å²) < 4.78 is 41.4. The number of likely N-dealkylation sites (tertiary alicyclic amines) is 1. The molecule has 0 spiro atoms. The van der Waals surface area contributed by atoms with Gasteiger partial charge in [-0.05, 0) is 43.9 Å². The number of aryl methyl sites for hydroxylation is 1. The number of carbonyl (C=O) groups is 1. The molecule has 0 saturated carbocycles. The van der Waals surface area contributed by atoms with Gasteiger partial charge in [0.05, 0.1) is 24.0 Å². The Bertz CT molecular complexity index is 1180. The summed E-state index contributed by atoms with van der Waals surface area (Å²) in [6.45, 7) is 0.898. The van der Waals surface area contributed by atoms with Crippen LogP contribution in [0.3, 0.4) is 0 Å². The van der Waals surface area contributed by atoms with Crippen LogP contribution < -0.4 is 10.6 Å². The fourth-order valence-corrected chi connectivity index (χ4v) is 5.44. The fourth-order valence-electron chi connectivity index (χ4n) is 5.44. The molecule has 2 N–H and O–H groups in total. The first kappa shape index (κ1) is 23.4. The number of para-hydroxylation sites is 1. The normalized spacial score (nSPS) is 22.2. The van der Waals surface area contributed by atoms with Crippen molar-refractivity contribution in [2.24, 2.45) is 0 Å². The number of rotatable bonds is 5. The molecule has 35 heavy (non-hydrogen) atoms. The zero-order valence-corrected chi connectivity index (χ0v) is 19.4. The molecule has 0 bridgehead atoms. The molecule has 3 unspecified atom stereocenters. The highest BCUT2D eigenvalue weighted by Crippen LogP contribution is 2.36. The van der Waals surface area contributed by atoms with Gasteiger partial charge in [0, 0.05) is 24.1 Å². The Hall–Kier alpha value is -3.33. The first-order valence-electron chi connectivity index (χ1n) is 11.9. The number of fused-ring (bicyclic) bond motifs is 1. The molecule has 2 aromatic carbocycles. The van der Waals surface area contributed by atoms with E-state index in [1.165, 1.54) is 4.90 Å². The SMILES string of the molecule is CC1C(c2ccccc2)C(NC(=O)Nc2c3c(nn2-c2ccccc2)CCC3)CN1CC(F)(F)F. The molecule has 5 rings (SSSR count). The monoisotopic (exact) mass is 483 g/mol. The summed E-state index contributed by atoms with van der Waals surface area (Å²) in [5.74, 6) is 0.352. The van der Waals surface area contributed by atoms with Crippen LogP contribution in [0.15, 0.2) is 60.7 Å². The van der Waals surface area contributed by atoms with Gasteiger partial charge in [-0.15, -0.1) is 0 Å². The quantitative estimate of drug-likeness (QED) is 0.543. The molecule has 0 radical (unpaired) electrons. The Balaban J connectivity index is 1.39. The van der Waals surface area contributed by atoms with E-state index in [4.69, 9.17) is 5.10 Å². The van der Waals surface area contributed by atoms with Crippen LogP contribution in [-0.4, -0.2) is 52.1 Å². The van der Waals surface area contributed by atoms with Crippen molar-refractivity contribution in [3.05, 3.63) is 77.5 Å². The second kappa shape index (κ2) is 9.37. The second-order valence-electron chi connectivity index (χ2n) is 9.30. The van der Waals surface area contributed by atoms with Gasteiger partial charge in [-0.25, -0.2) is 9.48 Å². The first-order chi connectivity index (χ1) is 16.8. The Kier molecular flexibility index (Phi) is 6.27. The number of amides is 2. The van der Waals surface area contributed by atoms with Crippen molar-refractivity contribution >= 4 is 11.8 Å². The van der Waals surface area contributed by atoms with Gasteiger partial charge in [0.15, 0.2) is 0 Å². The summed E-state index contributed by atoms with van der Waals surface area (Å²) in [4.78, 5) is 14.6. The molecule has 1 saturated heterocycles. The van der Waals surface area contributed by atoms with Gasteiger partial charge in [0.25, 0.3) is 0 Å². The number of anilines is 1. The summed E-state index contributed by atoms with van der Waals surface area (Å²) in [6, 6.07) is 17.7. The lowest BCUT2D eigenvalue weighted by Gasteiger charge is -2.26. The third kappa shape index (κ3) is 4.91. The van der Waals surface area contributed by atoms with E-state index in [0.717, 1.165) is 41.8 Å². The van der Waals surface area contributed by atoms with Crippen LogP contribution in [0.2, 0.25) is 0 Å². The Morgan fingerprint density at radius 3 is 2.43 bits per heavy atom. The van der Waals surface area contributed by atoms with E-state index in [-0.39, 0.29) is 18.5 Å². The zero-order valence-electron chi connectivity index (χ0n) is 19.4. The number of aromatic nitrogens is 2. The molecule has 2 aliphatic rings. The van der Waals surface area contributed by atoms with Crippen LogP contribution in [0.1, 0.15) is 36.1 Å². The van der Waals surface area contributed by atoms with Crippen molar-refractivity contribution in [3.8, 4) is 5.69 Å². The molecule has 1 aliphatic heterocycles. The molecular formula is C26H28F3N5O. The summed E-state index contributed by atoms with van der Waals surface area (Å²) in [5, 5.41) is 10.7. The number of halogens is 3. The largest absolute Gasteiger partial charge is 0.401 e. The number of carbonyl (C=O) groups excluding carboxylic acids is 1. The number of hydrogen-bond donors (Lipinski definition) is 2. The number of nitrogens with one attached hydrogen (secondary N) is 2. The molecule has 9 heteroatoms. The van der Waals surface area contributed by atoms with Crippen molar-refractivity contribution in [2.45, 2.75) is 50.4 Å². The molecule has 3 aromatic rings. The summed E-state index contributed by atoms with van der Waals surface area (Å²) in [7, 11) is 0. The highest BCUT2D eigenvalue weighted by molar-refractivity contribution is 5.90. The van der Waals surface area contributed by atoms with E-state index in [2.05, 4.69) is 10.6 Å². The fraction of sp³-hybridized carbons (Fsp3) is 0.385. The van der Waals surface area contributed by atoms with E-state index >= 15 is 0 Å². The number of hydrogen-bond acceptors (Lipinski definition) is 3. The minimum Gasteiger partial charge on any atom is -0.333 e. The van der Waals surface area contributed by atoms with Crippen molar-refractivity contribution in [1.29, 1.82) is 0 Å². The van der Waals surface area contributed by atoms with Gasteiger partial charge < -0.3 is 5.32 Å². The van der Waals surface area contributed by atoms with Crippen molar-refractivity contribution in [3.63, 3.8) is 0 Å². The zero-order chi connectivity index (χ0) is 24.6. The van der Waals surface area contributed by atoms with Gasteiger partial charge >= 0.3 is 12.2 Å². The number of nitrogens with zero attached hydrogens (tertiary/aromatic N) is 3. The average Bonchev–Trinajstić information content (AvgIpc) is 3.49. The topological polar surface area (TPSA) is 62.2 Å². The van der Waals surface area contributed by atoms with Gasteiger partial charge in [0.2, 0.25) is 0 Å². The third-order valence-corrected chi connectivity index (χ3v) is 6.98. The second-order valence-corrected chi connectivity index (χ2v) is 9.30. The summed E-state index contributed by atoms with van der Waals surface area (Å²) in [5.41, 5.74) is 3.73. The van der Waals surface area contributed by atoms with E-state index < -0.39 is 24.8 Å². The Labute approximate surface area is 202 Å². The predicted octanol–water partition coefficient (Wildman–Crippen LogP) is 4.90. The minimum atomic E-state index is -4.31. The predicted molar refractivity (Wildman–Crippen MR) is 128 cm³/mol. The maximum Gasteiger partial charge on any atom is 0.401 e. The van der Waals surface area contributed by atoms with E-state index in [1.54, 1.807) is 11.6 Å². The van der Waals surface area contributed by atoms with Crippen molar-refractivity contribution < 1.29 is 18.0 Å². The van der Waals surface area contributed by atoms with Crippen molar-refractivity contribution in [2.75, 3.05) is 18.4 Å². The molecule has 1 aromatic heterocycles. The van der Waals surface area contributed by atoms with E-state index in [0.29, 0.717) is 5.82 Å². The standard InChI is InChI=1S/C26H28F3N5O/c1-17-23(18-9-4-2-5-10-18)22(15-33(17)16-26(27,28)29)30-25(35)31-24-20-13-8-14-21(20)32-34(24)19-11-6-3-7-12-19/h2-7,9-12,17,22-23H,8,13-16H2,1H3,(H2,30,31,35). The van der Waals surface area contributed by atoms with Crippen molar-refractivity contribution in [1.82, 2.24) is 20.0 Å². The lowest BCUT2D eigenvalue weighted by molar-refractivity contribution is -0.147. The van der Waals surface area contributed by atoms with Crippen LogP contribution in [0, 0.1) is 0 Å². The van der Waals surface area contributed by atoms with Gasteiger partial charge in [-0.1, -0.05) is 48.5 Å². The molecular weight excluding hydrogens is 455 g/mol. The smallest absolute Gasteiger partial charge is 0.333 e. The molecule has 1 aliphatic carbocycles. The molecule has 2 heterocycles. The third-order valence-electron chi connectivity index (χ3n) is 6.98. The van der Waals surface area contributed by atoms with Crippen LogP contribution in [0.4, 0.5) is 23.8 Å². The molecule has 3 atom stereocenters. The maximum absolute atomic E-state index is 13.2. The molecule has 1 fully saturated rings. The molecule has 2 amide bonds. The van der Waals surface area contributed by atoms with Gasteiger partial charge in [0.1, 0.15) is 5.82 Å². The van der Waals surface area contributed by atoms with Crippen LogP contribution in [0.25, 0.3) is 5.69 Å². The van der Waals surface area contributed by atoms with E-state index in [1.807, 2.05) is 60.7 Å². The lowest BCUT2D eigenvalue weighted by atomic mass is 9.89. The lowest BCUT2D eigenvalue weighted by Crippen LogP contribution is -2.43.